The highest BCUT2D eigenvalue weighted by molar-refractivity contribution is 7.11. The van der Waals surface area contributed by atoms with E-state index in [4.69, 9.17) is 20.2 Å². The second-order valence-corrected chi connectivity index (χ2v) is 6.74. The van der Waals surface area contributed by atoms with Crippen LogP contribution in [-0.4, -0.2) is 18.7 Å². The van der Waals surface area contributed by atoms with Crippen LogP contribution in [0.15, 0.2) is 0 Å². The quantitative estimate of drug-likeness (QED) is 0.876. The van der Waals surface area contributed by atoms with Crippen LogP contribution < -0.4 is 5.73 Å². The van der Waals surface area contributed by atoms with Gasteiger partial charge in [0.25, 0.3) is 0 Å². The van der Waals surface area contributed by atoms with Gasteiger partial charge in [-0.2, -0.15) is 0 Å². The lowest BCUT2D eigenvalue weighted by atomic mass is 9.79. The van der Waals surface area contributed by atoms with Crippen molar-refractivity contribution < 1.29 is 9.47 Å². The van der Waals surface area contributed by atoms with E-state index in [1.807, 2.05) is 0 Å². The first kappa shape index (κ1) is 15.9. The van der Waals surface area contributed by atoms with E-state index in [1.165, 1.54) is 12.8 Å². The minimum absolute atomic E-state index is 0.201. The molecule has 0 bridgehead atoms. The predicted octanol–water partition coefficient (Wildman–Crippen LogP) is 3.19. The minimum atomic E-state index is -0.201. The average molecular weight is 298 g/mol. The molecule has 2 unspecified atom stereocenters. The summed E-state index contributed by atoms with van der Waals surface area (Å²) in [5, 5.41) is 1.10. The molecule has 1 saturated carbocycles. The molecule has 1 heterocycles. The molecule has 1 aromatic heterocycles. The van der Waals surface area contributed by atoms with E-state index in [0.717, 1.165) is 35.0 Å². The van der Waals surface area contributed by atoms with Crippen molar-refractivity contribution in [2.24, 2.45) is 11.7 Å². The van der Waals surface area contributed by atoms with Crippen LogP contribution in [0.5, 0.6) is 0 Å². The van der Waals surface area contributed by atoms with Crippen molar-refractivity contribution in [3.63, 3.8) is 0 Å². The molecule has 1 aliphatic rings. The van der Waals surface area contributed by atoms with Crippen LogP contribution >= 0.6 is 11.3 Å². The zero-order valence-electron chi connectivity index (χ0n) is 12.8. The summed E-state index contributed by atoms with van der Waals surface area (Å²) in [7, 11) is 1.69. The fraction of sp³-hybridized carbons (Fsp3) is 0.800. The van der Waals surface area contributed by atoms with Gasteiger partial charge in [0.2, 0.25) is 0 Å². The molecule has 5 heteroatoms. The van der Waals surface area contributed by atoms with Crippen molar-refractivity contribution in [3.8, 4) is 0 Å². The maximum atomic E-state index is 6.18. The van der Waals surface area contributed by atoms with Gasteiger partial charge in [0, 0.05) is 25.1 Å². The Balaban J connectivity index is 2.33. The van der Waals surface area contributed by atoms with Crippen molar-refractivity contribution in [2.75, 3.05) is 13.7 Å². The molecule has 2 N–H and O–H groups in total. The largest absolute Gasteiger partial charge is 0.378 e. The zero-order chi connectivity index (χ0) is 14.6. The van der Waals surface area contributed by atoms with E-state index < -0.39 is 0 Å². The molecule has 114 valence electrons. The summed E-state index contributed by atoms with van der Waals surface area (Å²) in [6.07, 6.45) is 4.62. The molecule has 1 aliphatic carbocycles. The molecule has 4 nitrogen and oxygen atoms in total. The number of aromatic nitrogens is 1. The van der Waals surface area contributed by atoms with E-state index in [2.05, 4.69) is 13.8 Å². The Hall–Kier alpha value is -0.490. The lowest BCUT2D eigenvalue weighted by Gasteiger charge is -2.38. The monoisotopic (exact) mass is 298 g/mol. The number of nitrogens with zero attached hydrogens (tertiary/aromatic N) is 1. The van der Waals surface area contributed by atoms with Crippen molar-refractivity contribution in [1.82, 2.24) is 4.98 Å². The fourth-order valence-electron chi connectivity index (χ4n) is 3.15. The third-order valence-electron chi connectivity index (χ3n) is 4.01. The summed E-state index contributed by atoms with van der Waals surface area (Å²) in [5.41, 5.74) is 6.62. The van der Waals surface area contributed by atoms with Gasteiger partial charge in [0.15, 0.2) is 0 Å². The van der Waals surface area contributed by atoms with Crippen LogP contribution in [0.3, 0.4) is 0 Å². The molecular formula is C15H26N2O2S. The molecule has 0 amide bonds. The molecule has 2 rings (SSSR count). The van der Waals surface area contributed by atoms with Crippen LogP contribution in [-0.2, 0) is 28.2 Å². The van der Waals surface area contributed by atoms with E-state index in [1.54, 1.807) is 18.4 Å². The maximum absolute atomic E-state index is 6.18. The number of methoxy groups -OCH3 is 1. The van der Waals surface area contributed by atoms with Crippen molar-refractivity contribution >= 4 is 11.3 Å². The molecule has 20 heavy (non-hydrogen) atoms. The standard InChI is InChI=1S/C15H26N2O2S/c1-4-19-15(7-5-6-11(2)8-15)14-17-12(10-18-3)13(9-16)20-14/h11H,4-10,16H2,1-3H3. The van der Waals surface area contributed by atoms with Crippen molar-refractivity contribution in [2.45, 2.75) is 58.3 Å². The number of nitrogens with two attached hydrogens (primary N) is 1. The Kier molecular flexibility index (Phi) is 5.55. The number of hydrogen-bond donors (Lipinski definition) is 1. The van der Waals surface area contributed by atoms with E-state index in [-0.39, 0.29) is 5.60 Å². The van der Waals surface area contributed by atoms with Crippen molar-refractivity contribution in [1.29, 1.82) is 0 Å². The van der Waals surface area contributed by atoms with Crippen molar-refractivity contribution in [3.05, 3.63) is 15.6 Å². The smallest absolute Gasteiger partial charge is 0.125 e. The van der Waals surface area contributed by atoms with Gasteiger partial charge in [-0.1, -0.05) is 13.3 Å². The first-order valence-corrected chi connectivity index (χ1v) is 8.29. The number of thiazole rings is 1. The summed E-state index contributed by atoms with van der Waals surface area (Å²) < 4.78 is 11.4. The molecule has 0 saturated heterocycles. The molecule has 0 radical (unpaired) electrons. The average Bonchev–Trinajstić information content (AvgIpc) is 2.83. The Morgan fingerprint density at radius 2 is 2.30 bits per heavy atom. The summed E-state index contributed by atoms with van der Waals surface area (Å²) in [6, 6.07) is 0. The number of ether oxygens (including phenoxy) is 2. The van der Waals surface area contributed by atoms with E-state index in [0.29, 0.717) is 19.1 Å². The summed E-state index contributed by atoms with van der Waals surface area (Å²) in [6.45, 7) is 6.15. The maximum Gasteiger partial charge on any atom is 0.125 e. The van der Waals surface area contributed by atoms with Gasteiger partial charge in [-0.15, -0.1) is 11.3 Å². The van der Waals surface area contributed by atoms with Gasteiger partial charge < -0.3 is 15.2 Å². The summed E-state index contributed by atoms with van der Waals surface area (Å²) >= 11 is 1.71. The van der Waals surface area contributed by atoms with E-state index in [9.17, 15) is 0 Å². The second-order valence-electron chi connectivity index (χ2n) is 5.65. The number of rotatable bonds is 6. The van der Waals surface area contributed by atoms with Crippen LogP contribution in [0.1, 0.15) is 55.1 Å². The van der Waals surface area contributed by atoms with Gasteiger partial charge in [0.05, 0.1) is 12.3 Å². The van der Waals surface area contributed by atoms with Crippen LogP contribution in [0.25, 0.3) is 0 Å². The Labute approximate surface area is 125 Å². The lowest BCUT2D eigenvalue weighted by Crippen LogP contribution is -2.35. The fourth-order valence-corrected chi connectivity index (χ4v) is 4.28. The highest BCUT2D eigenvalue weighted by atomic mass is 32.1. The Morgan fingerprint density at radius 1 is 1.50 bits per heavy atom. The van der Waals surface area contributed by atoms with Crippen LogP contribution in [0.4, 0.5) is 0 Å². The van der Waals surface area contributed by atoms with Gasteiger partial charge in [-0.3, -0.25) is 0 Å². The molecule has 0 aromatic carbocycles. The minimum Gasteiger partial charge on any atom is -0.378 e. The van der Waals surface area contributed by atoms with Gasteiger partial charge in [-0.05, 0) is 32.1 Å². The van der Waals surface area contributed by atoms with Gasteiger partial charge >= 0.3 is 0 Å². The molecule has 0 aliphatic heterocycles. The molecule has 2 atom stereocenters. The van der Waals surface area contributed by atoms with E-state index >= 15 is 0 Å². The van der Waals surface area contributed by atoms with Gasteiger partial charge in [0.1, 0.15) is 10.6 Å². The van der Waals surface area contributed by atoms with Gasteiger partial charge in [-0.25, -0.2) is 4.98 Å². The first-order chi connectivity index (χ1) is 9.65. The SMILES string of the molecule is CCOC1(c2nc(COC)c(CN)s2)CCCC(C)C1. The highest BCUT2D eigenvalue weighted by Crippen LogP contribution is 2.44. The normalized spacial score (nSPS) is 26.9. The number of hydrogen-bond acceptors (Lipinski definition) is 5. The first-order valence-electron chi connectivity index (χ1n) is 7.47. The highest BCUT2D eigenvalue weighted by Gasteiger charge is 2.40. The zero-order valence-corrected chi connectivity index (χ0v) is 13.6. The van der Waals surface area contributed by atoms with Crippen LogP contribution in [0, 0.1) is 5.92 Å². The third kappa shape index (κ3) is 3.22. The molecule has 1 fully saturated rings. The second kappa shape index (κ2) is 6.98. The lowest BCUT2D eigenvalue weighted by molar-refractivity contribution is -0.0822. The summed E-state index contributed by atoms with van der Waals surface area (Å²) in [4.78, 5) is 5.93. The predicted molar refractivity (Wildman–Crippen MR) is 81.7 cm³/mol. The van der Waals surface area contributed by atoms with Crippen LogP contribution in [0.2, 0.25) is 0 Å². The topological polar surface area (TPSA) is 57.4 Å². The molecule has 1 aromatic rings. The Bertz CT molecular complexity index is 432. The molecular weight excluding hydrogens is 272 g/mol. The summed E-state index contributed by atoms with van der Waals surface area (Å²) in [5.74, 6) is 0.686. The third-order valence-corrected chi connectivity index (χ3v) is 5.32. The molecule has 0 spiro atoms. The Morgan fingerprint density at radius 3 is 2.90 bits per heavy atom.